The Morgan fingerprint density at radius 3 is 1.81 bits per heavy atom. The first-order valence-electron chi connectivity index (χ1n) is 5.39. The maximum absolute atomic E-state index is 11.3. The summed E-state index contributed by atoms with van der Waals surface area (Å²) in [6, 6.07) is 4.09. The molecule has 0 aromatic heterocycles. The number of aryl methyl sites for hydroxylation is 3. The third kappa shape index (κ3) is 3.81. The molecule has 1 aromatic rings. The number of rotatable bonds is 4. The maximum atomic E-state index is 11.3. The zero-order chi connectivity index (χ0) is 11.4. The fourth-order valence-corrected chi connectivity index (χ4v) is 2.64. The summed E-state index contributed by atoms with van der Waals surface area (Å²) in [4.78, 5) is 0.622. The molecule has 0 aliphatic heterocycles. The van der Waals surface area contributed by atoms with Crippen molar-refractivity contribution in [2.75, 3.05) is 0 Å². The molecule has 1 rings (SSSR count). The van der Waals surface area contributed by atoms with Gasteiger partial charge in [0.05, 0.1) is 4.90 Å². The summed E-state index contributed by atoms with van der Waals surface area (Å²) in [5, 5.41) is 0. The van der Waals surface area contributed by atoms with E-state index in [0.29, 0.717) is 4.90 Å². The van der Waals surface area contributed by atoms with E-state index >= 15 is 0 Å². The molecule has 0 spiro atoms. The fraction of sp³-hybridized carbons (Fsp3) is 0.500. The van der Waals surface area contributed by atoms with Crippen molar-refractivity contribution >= 4 is 48.8 Å². The normalized spacial score (nSPS) is 12.0. The minimum atomic E-state index is -1.86. The smallest absolute Gasteiger partial charge is 1.00 e. The van der Waals surface area contributed by atoms with Crippen molar-refractivity contribution in [2.24, 2.45) is 0 Å². The number of hydrogen-bond donors (Lipinski definition) is 1. The van der Waals surface area contributed by atoms with Crippen molar-refractivity contribution < 1.29 is 11.6 Å². The van der Waals surface area contributed by atoms with E-state index in [-0.39, 0.29) is 40.6 Å². The van der Waals surface area contributed by atoms with Crippen LogP contribution in [-0.2, 0) is 30.3 Å². The molecule has 0 saturated carbocycles. The Morgan fingerprint density at radius 2 is 1.56 bits per heavy atom. The van der Waals surface area contributed by atoms with Crippen LogP contribution in [0.3, 0.4) is 0 Å². The Morgan fingerprint density at radius 1 is 1.12 bits per heavy atom. The third-order valence-electron chi connectivity index (χ3n) is 2.65. The van der Waals surface area contributed by atoms with Crippen molar-refractivity contribution in [1.82, 2.24) is 0 Å². The van der Waals surface area contributed by atoms with E-state index < -0.39 is 11.1 Å². The summed E-state index contributed by atoms with van der Waals surface area (Å²) >= 11 is -1.86. The predicted octanol–water partition coefficient (Wildman–Crippen LogP) is 2.80. The largest absolute Gasteiger partial charge is 2.00 e. The van der Waals surface area contributed by atoms with Crippen LogP contribution in [0.4, 0.5) is 0 Å². The third-order valence-corrected chi connectivity index (χ3v) is 3.52. The van der Waals surface area contributed by atoms with Gasteiger partial charge in [-0.2, -0.15) is 0 Å². The molecule has 1 N–H and O–H groups in total. The van der Waals surface area contributed by atoms with Gasteiger partial charge in [-0.25, -0.2) is 4.21 Å². The second-order valence-corrected chi connectivity index (χ2v) is 4.46. The van der Waals surface area contributed by atoms with Crippen LogP contribution in [-0.4, -0.2) is 46.5 Å². The Balaban J connectivity index is -0.000000750. The van der Waals surface area contributed by atoms with Crippen molar-refractivity contribution in [1.29, 1.82) is 0 Å². The summed E-state index contributed by atoms with van der Waals surface area (Å²) < 4.78 is 20.6. The molecule has 16 heavy (non-hydrogen) atoms. The van der Waals surface area contributed by atoms with Crippen LogP contribution in [0, 0.1) is 0 Å². The molecule has 0 aliphatic rings. The predicted molar refractivity (Wildman–Crippen MR) is 71.6 cm³/mol. The zero-order valence-electron chi connectivity index (χ0n) is 12.2. The van der Waals surface area contributed by atoms with Gasteiger partial charge in [-0.1, -0.05) is 32.9 Å². The summed E-state index contributed by atoms with van der Waals surface area (Å²) in [5.74, 6) is 0. The van der Waals surface area contributed by atoms with Crippen molar-refractivity contribution in [2.45, 2.75) is 44.9 Å². The molecule has 88 valence electrons. The van der Waals surface area contributed by atoms with Gasteiger partial charge in [0.2, 0.25) is 0 Å². The van der Waals surface area contributed by atoms with E-state index in [1.807, 2.05) is 26.0 Å². The SMILES string of the molecule is CCc1cc(CC)c(S(=O)O)c(CC)c1.[Ca+2].[H-].[H-]. The molecule has 0 amide bonds. The van der Waals surface area contributed by atoms with Gasteiger partial charge in [-0.3, -0.25) is 0 Å². The van der Waals surface area contributed by atoms with Gasteiger partial charge in [0, 0.05) is 0 Å². The second kappa shape index (κ2) is 7.83. The summed E-state index contributed by atoms with van der Waals surface area (Å²) in [6.07, 6.45) is 2.59. The summed E-state index contributed by atoms with van der Waals surface area (Å²) in [6.45, 7) is 6.14. The van der Waals surface area contributed by atoms with E-state index in [1.165, 1.54) is 5.56 Å². The average Bonchev–Trinajstić information content (AvgIpc) is 2.26. The van der Waals surface area contributed by atoms with Crippen LogP contribution in [0.2, 0.25) is 0 Å². The van der Waals surface area contributed by atoms with Gasteiger partial charge < -0.3 is 7.41 Å². The van der Waals surface area contributed by atoms with E-state index in [2.05, 4.69) is 6.92 Å². The molecule has 0 aliphatic carbocycles. The molecule has 0 fully saturated rings. The molecule has 0 heterocycles. The van der Waals surface area contributed by atoms with E-state index in [0.717, 1.165) is 30.4 Å². The molecule has 4 heteroatoms. The quantitative estimate of drug-likeness (QED) is 0.673. The Kier molecular flexibility index (Phi) is 8.12. The van der Waals surface area contributed by atoms with Gasteiger partial charge in [-0.05, 0) is 36.0 Å². The van der Waals surface area contributed by atoms with Crippen molar-refractivity contribution in [3.63, 3.8) is 0 Å². The molecular formula is C12H20CaO2S. The molecule has 0 bridgehead atoms. The first kappa shape index (κ1) is 16.6. The van der Waals surface area contributed by atoms with Crippen LogP contribution >= 0.6 is 0 Å². The first-order chi connectivity index (χ1) is 7.13. The molecule has 1 unspecified atom stereocenters. The molecule has 1 aromatic carbocycles. The Hall–Kier alpha value is 0.590. The number of hydrogen-bond acceptors (Lipinski definition) is 1. The van der Waals surface area contributed by atoms with Crippen molar-refractivity contribution in [3.8, 4) is 0 Å². The fourth-order valence-electron chi connectivity index (χ4n) is 1.78. The average molecular weight is 268 g/mol. The minimum Gasteiger partial charge on any atom is -1.00 e. The van der Waals surface area contributed by atoms with E-state index in [4.69, 9.17) is 0 Å². The van der Waals surface area contributed by atoms with Crippen LogP contribution in [0.5, 0.6) is 0 Å². The molecule has 1 atom stereocenters. The van der Waals surface area contributed by atoms with E-state index in [1.54, 1.807) is 0 Å². The van der Waals surface area contributed by atoms with Crippen LogP contribution in [0.25, 0.3) is 0 Å². The molecule has 2 nitrogen and oxygen atoms in total. The standard InChI is InChI=1S/C12H18O2S.Ca.2H/c1-4-9-7-10(5-2)12(15(13)14)11(6-3)8-9;;;/h7-8H,4-6H2,1-3H3,(H,13,14);;;/q;+2;2*-1. The topological polar surface area (TPSA) is 37.3 Å². The molecule has 0 saturated heterocycles. The van der Waals surface area contributed by atoms with Gasteiger partial charge in [-0.15, -0.1) is 0 Å². The van der Waals surface area contributed by atoms with Gasteiger partial charge in [0.25, 0.3) is 0 Å². The first-order valence-corrected chi connectivity index (χ1v) is 6.50. The Labute approximate surface area is 133 Å². The molecule has 0 radical (unpaired) electrons. The van der Waals surface area contributed by atoms with Crippen LogP contribution < -0.4 is 0 Å². The second-order valence-electron chi connectivity index (χ2n) is 3.55. The maximum Gasteiger partial charge on any atom is 2.00 e. The van der Waals surface area contributed by atoms with E-state index in [9.17, 15) is 8.76 Å². The van der Waals surface area contributed by atoms with Gasteiger partial charge in [0.1, 0.15) is 0 Å². The summed E-state index contributed by atoms with van der Waals surface area (Å²) in [7, 11) is 0. The van der Waals surface area contributed by atoms with Gasteiger partial charge >= 0.3 is 37.7 Å². The van der Waals surface area contributed by atoms with Crippen LogP contribution in [0.15, 0.2) is 17.0 Å². The Bertz CT molecular complexity index is 361. The van der Waals surface area contributed by atoms with Crippen molar-refractivity contribution in [3.05, 3.63) is 28.8 Å². The zero-order valence-corrected chi connectivity index (χ0v) is 13.3. The molecular weight excluding hydrogens is 248 g/mol. The van der Waals surface area contributed by atoms with Crippen LogP contribution in [0.1, 0.15) is 40.3 Å². The minimum absolute atomic E-state index is 0. The monoisotopic (exact) mass is 268 g/mol. The number of benzene rings is 1. The van der Waals surface area contributed by atoms with Gasteiger partial charge in [0.15, 0.2) is 11.1 Å². The summed E-state index contributed by atoms with van der Waals surface area (Å²) in [5.41, 5.74) is 3.26.